The Morgan fingerprint density at radius 3 is 2.86 bits per heavy atom. The van der Waals surface area contributed by atoms with E-state index in [1.165, 1.54) is 19.1 Å². The summed E-state index contributed by atoms with van der Waals surface area (Å²) in [5.41, 5.74) is 2.34. The van der Waals surface area contributed by atoms with Crippen LogP contribution in [0, 0.1) is 12.7 Å². The average molecular weight is 299 g/mol. The van der Waals surface area contributed by atoms with E-state index in [9.17, 15) is 9.18 Å². The first kappa shape index (κ1) is 14.3. The molecule has 3 aromatic rings. The summed E-state index contributed by atoms with van der Waals surface area (Å²) in [6, 6.07) is 9.78. The van der Waals surface area contributed by atoms with Crippen molar-refractivity contribution in [1.82, 2.24) is 4.98 Å². The predicted molar refractivity (Wildman–Crippen MR) is 79.5 cm³/mol. The van der Waals surface area contributed by atoms with E-state index in [1.54, 1.807) is 13.0 Å². The first-order valence-electron chi connectivity index (χ1n) is 6.83. The van der Waals surface area contributed by atoms with Gasteiger partial charge in [-0.1, -0.05) is 12.1 Å². The van der Waals surface area contributed by atoms with Gasteiger partial charge >= 0.3 is 0 Å². The van der Waals surface area contributed by atoms with Crippen molar-refractivity contribution in [2.24, 2.45) is 0 Å². The van der Waals surface area contributed by atoms with Gasteiger partial charge in [0.1, 0.15) is 23.7 Å². The first-order valence-corrected chi connectivity index (χ1v) is 6.83. The molecule has 0 aliphatic heterocycles. The normalized spacial score (nSPS) is 10.9. The minimum Gasteiger partial charge on any atom is -0.489 e. The number of carbonyl (C=O) groups is 1. The van der Waals surface area contributed by atoms with Crippen molar-refractivity contribution < 1.29 is 18.3 Å². The van der Waals surface area contributed by atoms with E-state index in [4.69, 9.17) is 9.15 Å². The molecule has 0 aliphatic carbocycles. The zero-order chi connectivity index (χ0) is 15.7. The summed E-state index contributed by atoms with van der Waals surface area (Å²) in [4.78, 5) is 15.5. The first-order chi connectivity index (χ1) is 10.5. The Morgan fingerprint density at radius 1 is 1.32 bits per heavy atom. The summed E-state index contributed by atoms with van der Waals surface area (Å²) in [5, 5.41) is 0. The predicted octanol–water partition coefficient (Wildman–Crippen LogP) is 4.06. The molecule has 0 fully saturated rings. The fraction of sp³-hybridized carbons (Fsp3) is 0.176. The maximum Gasteiger partial charge on any atom is 0.192 e. The van der Waals surface area contributed by atoms with E-state index >= 15 is 0 Å². The number of aromatic nitrogens is 1. The quantitative estimate of drug-likeness (QED) is 0.682. The maximum atomic E-state index is 13.8. The summed E-state index contributed by atoms with van der Waals surface area (Å²) < 4.78 is 24.8. The molecule has 0 saturated heterocycles. The van der Waals surface area contributed by atoms with Crippen LogP contribution in [0.4, 0.5) is 4.39 Å². The van der Waals surface area contributed by atoms with Crippen molar-refractivity contribution in [2.75, 3.05) is 0 Å². The van der Waals surface area contributed by atoms with Crippen LogP contribution >= 0.6 is 0 Å². The van der Waals surface area contributed by atoms with Gasteiger partial charge in [-0.05, 0) is 25.1 Å². The van der Waals surface area contributed by atoms with E-state index in [0.29, 0.717) is 17.2 Å². The molecule has 0 saturated carbocycles. The molecular formula is C17H14FNO3. The number of rotatable bonds is 4. The number of para-hydroxylation sites is 1. The highest BCUT2D eigenvalue weighted by Gasteiger charge is 2.10. The lowest BCUT2D eigenvalue weighted by molar-refractivity contribution is 0.101. The van der Waals surface area contributed by atoms with Gasteiger partial charge in [-0.2, -0.15) is 0 Å². The van der Waals surface area contributed by atoms with E-state index in [2.05, 4.69) is 4.98 Å². The number of Topliss-reactive ketones (excluding diaryl/α,β-unsaturated/α-hetero) is 1. The van der Waals surface area contributed by atoms with Crippen LogP contribution in [0.25, 0.3) is 11.1 Å². The van der Waals surface area contributed by atoms with Gasteiger partial charge in [0, 0.05) is 18.6 Å². The molecule has 2 aromatic carbocycles. The second kappa shape index (κ2) is 5.60. The topological polar surface area (TPSA) is 52.3 Å². The minimum atomic E-state index is -0.583. The van der Waals surface area contributed by atoms with Gasteiger partial charge in [0.05, 0.1) is 5.56 Å². The molecule has 0 N–H and O–H groups in total. The smallest absolute Gasteiger partial charge is 0.192 e. The van der Waals surface area contributed by atoms with Crippen molar-refractivity contribution in [1.29, 1.82) is 0 Å². The Bertz CT molecular complexity index is 854. The minimum absolute atomic E-state index is 0.0570. The van der Waals surface area contributed by atoms with Gasteiger partial charge in [-0.3, -0.25) is 4.79 Å². The summed E-state index contributed by atoms with van der Waals surface area (Å²) >= 11 is 0. The van der Waals surface area contributed by atoms with E-state index in [1.807, 2.05) is 18.2 Å². The van der Waals surface area contributed by atoms with Crippen molar-refractivity contribution in [2.45, 2.75) is 20.5 Å². The third kappa shape index (κ3) is 2.70. The third-order valence-corrected chi connectivity index (χ3v) is 3.32. The van der Waals surface area contributed by atoms with Crippen LogP contribution in [-0.2, 0) is 6.61 Å². The summed E-state index contributed by atoms with van der Waals surface area (Å²) in [7, 11) is 0. The highest BCUT2D eigenvalue weighted by molar-refractivity contribution is 5.94. The number of hydrogen-bond acceptors (Lipinski definition) is 4. The highest BCUT2D eigenvalue weighted by atomic mass is 19.1. The van der Waals surface area contributed by atoms with Gasteiger partial charge in [-0.15, -0.1) is 0 Å². The number of oxazole rings is 1. The second-order valence-electron chi connectivity index (χ2n) is 4.98. The molecule has 0 atom stereocenters. The largest absolute Gasteiger partial charge is 0.489 e. The second-order valence-corrected chi connectivity index (χ2v) is 4.98. The molecule has 4 nitrogen and oxygen atoms in total. The molecule has 22 heavy (non-hydrogen) atoms. The fourth-order valence-electron chi connectivity index (χ4n) is 2.27. The van der Waals surface area contributed by atoms with Crippen molar-refractivity contribution in [3.05, 3.63) is 59.2 Å². The van der Waals surface area contributed by atoms with Gasteiger partial charge in [0.2, 0.25) is 0 Å². The van der Waals surface area contributed by atoms with Gasteiger partial charge in [0.15, 0.2) is 17.3 Å². The number of ketones is 1. The van der Waals surface area contributed by atoms with E-state index in [-0.39, 0.29) is 18.0 Å². The Labute approximate surface area is 126 Å². The molecule has 0 spiro atoms. The van der Waals surface area contributed by atoms with Crippen LogP contribution in [0.3, 0.4) is 0 Å². The monoisotopic (exact) mass is 299 g/mol. The third-order valence-electron chi connectivity index (χ3n) is 3.32. The Balaban J connectivity index is 1.82. The van der Waals surface area contributed by atoms with Crippen LogP contribution < -0.4 is 4.74 Å². The summed E-state index contributed by atoms with van der Waals surface area (Å²) in [6.45, 7) is 3.34. The number of carbonyl (C=O) groups excluding carboxylic acids is 1. The fourth-order valence-corrected chi connectivity index (χ4v) is 2.27. The molecule has 3 rings (SSSR count). The average Bonchev–Trinajstić information content (AvgIpc) is 2.85. The van der Waals surface area contributed by atoms with E-state index < -0.39 is 5.82 Å². The number of halogens is 1. The molecule has 0 unspecified atom stereocenters. The molecule has 1 aromatic heterocycles. The number of benzene rings is 2. The van der Waals surface area contributed by atoms with Gasteiger partial charge < -0.3 is 9.15 Å². The van der Waals surface area contributed by atoms with Crippen LogP contribution in [-0.4, -0.2) is 10.8 Å². The summed E-state index contributed by atoms with van der Waals surface area (Å²) in [6.07, 6.45) is 0. The molecule has 0 bridgehead atoms. The molecule has 0 radical (unpaired) electrons. The summed E-state index contributed by atoms with van der Waals surface area (Å²) in [5.74, 6) is 0.0476. The lowest BCUT2D eigenvalue weighted by Crippen LogP contribution is -2.00. The van der Waals surface area contributed by atoms with Crippen LogP contribution in [0.5, 0.6) is 5.75 Å². The number of nitrogens with zero attached hydrogens (tertiary/aromatic N) is 1. The lowest BCUT2D eigenvalue weighted by atomic mass is 10.1. The molecular weight excluding hydrogens is 285 g/mol. The lowest BCUT2D eigenvalue weighted by Gasteiger charge is -2.08. The Morgan fingerprint density at radius 2 is 2.14 bits per heavy atom. The number of hydrogen-bond donors (Lipinski definition) is 0. The zero-order valence-corrected chi connectivity index (χ0v) is 12.2. The molecule has 0 aliphatic rings. The highest BCUT2D eigenvalue weighted by Crippen LogP contribution is 2.22. The number of fused-ring (bicyclic) bond motifs is 1. The zero-order valence-electron chi connectivity index (χ0n) is 12.2. The number of ether oxygens (including phenoxy) is 1. The van der Waals surface area contributed by atoms with Crippen molar-refractivity contribution in [3.8, 4) is 5.75 Å². The van der Waals surface area contributed by atoms with Crippen molar-refractivity contribution in [3.63, 3.8) is 0 Å². The van der Waals surface area contributed by atoms with Crippen molar-refractivity contribution >= 4 is 16.9 Å². The molecule has 112 valence electrons. The van der Waals surface area contributed by atoms with Crippen LogP contribution in [0.2, 0.25) is 0 Å². The molecule has 5 heteroatoms. The van der Waals surface area contributed by atoms with Gasteiger partial charge in [0.25, 0.3) is 0 Å². The van der Waals surface area contributed by atoms with Crippen LogP contribution in [0.15, 0.2) is 40.8 Å². The standard InChI is InChI=1S/C17H14FNO3/c1-10(20)14-7-6-13(8-15(14)18)21-9-12-4-3-5-16-17(12)19-11(2)22-16/h3-8H,9H2,1-2H3. The molecule has 0 amide bonds. The van der Waals surface area contributed by atoms with E-state index in [0.717, 1.165) is 11.1 Å². The Hall–Kier alpha value is -2.69. The number of aryl methyl sites for hydroxylation is 1. The molecule has 1 heterocycles. The SMILES string of the molecule is CC(=O)c1ccc(OCc2cccc3oc(C)nc23)cc1F. The van der Waals surface area contributed by atoms with Crippen LogP contribution in [0.1, 0.15) is 28.7 Å². The Kier molecular flexibility index (Phi) is 3.63. The maximum absolute atomic E-state index is 13.8. The van der Waals surface area contributed by atoms with Gasteiger partial charge in [-0.25, -0.2) is 9.37 Å².